The van der Waals surface area contributed by atoms with Gasteiger partial charge in [-0.05, 0) is 25.3 Å². The average Bonchev–Trinajstić information content (AvgIpc) is 2.84. The van der Waals surface area contributed by atoms with E-state index in [1.54, 1.807) is 13.4 Å². The van der Waals surface area contributed by atoms with Gasteiger partial charge in [-0.3, -0.25) is 0 Å². The molecule has 0 radical (unpaired) electrons. The number of rotatable bonds is 5. The molecular weight excluding hydrogens is 216 g/mol. The fourth-order valence-corrected chi connectivity index (χ4v) is 2.74. The molecule has 2 rings (SSSR count). The maximum Gasteiger partial charge on any atom is 0.136 e. The predicted octanol–water partition coefficient (Wildman–Crippen LogP) is 1.16. The van der Waals surface area contributed by atoms with E-state index in [2.05, 4.69) is 14.8 Å². The van der Waals surface area contributed by atoms with Crippen molar-refractivity contribution in [1.29, 1.82) is 0 Å². The highest BCUT2D eigenvalue weighted by Gasteiger charge is 2.28. The lowest BCUT2D eigenvalue weighted by Crippen LogP contribution is -2.27. The van der Waals surface area contributed by atoms with Crippen LogP contribution >= 0.6 is 0 Å². The second-order valence-corrected chi connectivity index (χ2v) is 4.76. The summed E-state index contributed by atoms with van der Waals surface area (Å²) in [4.78, 5) is 0. The number of methoxy groups -OCH3 is 1. The Morgan fingerprint density at radius 3 is 3.06 bits per heavy atom. The van der Waals surface area contributed by atoms with Crippen molar-refractivity contribution in [3.8, 4) is 0 Å². The van der Waals surface area contributed by atoms with Crippen LogP contribution in [0.3, 0.4) is 0 Å². The molecule has 0 aromatic carbocycles. The molecule has 5 heteroatoms. The minimum absolute atomic E-state index is 0.480. The van der Waals surface area contributed by atoms with Crippen LogP contribution in [0.25, 0.3) is 0 Å². The summed E-state index contributed by atoms with van der Waals surface area (Å²) < 4.78 is 7.22. The molecule has 1 aliphatic rings. The topological polar surface area (TPSA) is 66.0 Å². The lowest BCUT2D eigenvalue weighted by molar-refractivity contribution is 0.184. The summed E-state index contributed by atoms with van der Waals surface area (Å²) >= 11 is 0. The van der Waals surface area contributed by atoms with Gasteiger partial charge < -0.3 is 15.0 Å². The van der Waals surface area contributed by atoms with E-state index in [9.17, 15) is 0 Å². The molecule has 1 aromatic rings. The third kappa shape index (κ3) is 2.84. The number of nitrogens with two attached hydrogens (primary N) is 1. The van der Waals surface area contributed by atoms with Gasteiger partial charge in [-0.1, -0.05) is 12.8 Å². The number of hydrogen-bond acceptors (Lipinski definition) is 4. The molecule has 1 heterocycles. The van der Waals surface area contributed by atoms with Gasteiger partial charge in [0, 0.05) is 19.6 Å². The first kappa shape index (κ1) is 12.5. The van der Waals surface area contributed by atoms with E-state index in [0.29, 0.717) is 18.4 Å². The minimum atomic E-state index is 0.480. The fourth-order valence-electron chi connectivity index (χ4n) is 2.74. The molecule has 5 nitrogen and oxygen atoms in total. The Morgan fingerprint density at radius 2 is 2.29 bits per heavy atom. The highest BCUT2D eigenvalue weighted by atomic mass is 16.5. The lowest BCUT2D eigenvalue weighted by atomic mass is 9.79. The van der Waals surface area contributed by atoms with Gasteiger partial charge in [-0.2, -0.15) is 0 Å². The van der Waals surface area contributed by atoms with Crippen LogP contribution in [0.5, 0.6) is 0 Å². The van der Waals surface area contributed by atoms with Crippen molar-refractivity contribution in [2.24, 2.45) is 11.7 Å². The van der Waals surface area contributed by atoms with Gasteiger partial charge in [0.25, 0.3) is 0 Å². The Kier molecular flexibility index (Phi) is 4.50. The van der Waals surface area contributed by atoms with Crippen LogP contribution in [-0.2, 0) is 11.3 Å². The van der Waals surface area contributed by atoms with Crippen molar-refractivity contribution in [2.75, 3.05) is 20.3 Å². The summed E-state index contributed by atoms with van der Waals surface area (Å²) in [5.74, 6) is 2.14. The van der Waals surface area contributed by atoms with Gasteiger partial charge in [0.15, 0.2) is 0 Å². The van der Waals surface area contributed by atoms with Crippen LogP contribution < -0.4 is 5.73 Å². The molecule has 0 spiro atoms. The molecule has 2 unspecified atom stereocenters. The normalized spacial score (nSPS) is 25.1. The number of ether oxygens (including phenoxy) is 1. The largest absolute Gasteiger partial charge is 0.383 e. The first-order chi connectivity index (χ1) is 8.36. The van der Waals surface area contributed by atoms with E-state index in [1.807, 2.05) is 0 Å². The summed E-state index contributed by atoms with van der Waals surface area (Å²) in [6.07, 6.45) is 6.78. The molecule has 1 fully saturated rings. The second kappa shape index (κ2) is 6.12. The van der Waals surface area contributed by atoms with E-state index < -0.39 is 0 Å². The van der Waals surface area contributed by atoms with E-state index in [-0.39, 0.29) is 0 Å². The third-order valence-corrected chi connectivity index (χ3v) is 3.73. The molecule has 2 N–H and O–H groups in total. The van der Waals surface area contributed by atoms with Gasteiger partial charge in [-0.15, -0.1) is 10.2 Å². The standard InChI is InChI=1S/C12H22N4O/c1-17-7-6-16-9-14-15-12(16)11-5-3-2-4-10(11)8-13/h9-11H,2-8,13H2,1H3. The highest BCUT2D eigenvalue weighted by Crippen LogP contribution is 2.36. The SMILES string of the molecule is COCCn1cnnc1C1CCCCC1CN. The van der Waals surface area contributed by atoms with Gasteiger partial charge in [-0.25, -0.2) is 0 Å². The first-order valence-electron chi connectivity index (χ1n) is 6.43. The monoisotopic (exact) mass is 238 g/mol. The van der Waals surface area contributed by atoms with E-state index >= 15 is 0 Å². The van der Waals surface area contributed by atoms with Gasteiger partial charge in [0.1, 0.15) is 12.2 Å². The molecule has 1 saturated carbocycles. The number of nitrogens with zero attached hydrogens (tertiary/aromatic N) is 3. The predicted molar refractivity (Wildman–Crippen MR) is 65.7 cm³/mol. The Balaban J connectivity index is 2.11. The maximum absolute atomic E-state index is 5.87. The van der Waals surface area contributed by atoms with Crippen LogP contribution in [0, 0.1) is 5.92 Å². The molecule has 17 heavy (non-hydrogen) atoms. The average molecular weight is 238 g/mol. The zero-order valence-electron chi connectivity index (χ0n) is 10.5. The molecule has 0 amide bonds. The minimum Gasteiger partial charge on any atom is -0.383 e. The summed E-state index contributed by atoms with van der Waals surface area (Å²) in [7, 11) is 1.72. The highest BCUT2D eigenvalue weighted by molar-refractivity contribution is 5.01. The van der Waals surface area contributed by atoms with Gasteiger partial charge in [0.05, 0.1) is 6.61 Å². The number of aromatic nitrogens is 3. The molecule has 1 aromatic heterocycles. The van der Waals surface area contributed by atoms with Gasteiger partial charge >= 0.3 is 0 Å². The molecule has 2 atom stereocenters. The number of hydrogen-bond donors (Lipinski definition) is 1. The van der Waals surface area contributed by atoms with Crippen LogP contribution in [0.2, 0.25) is 0 Å². The van der Waals surface area contributed by atoms with E-state index in [4.69, 9.17) is 10.5 Å². The molecule has 0 bridgehead atoms. The van der Waals surface area contributed by atoms with Crippen molar-refractivity contribution in [2.45, 2.75) is 38.1 Å². The summed E-state index contributed by atoms with van der Waals surface area (Å²) in [6.45, 7) is 2.28. The van der Waals surface area contributed by atoms with E-state index in [1.165, 1.54) is 25.7 Å². The second-order valence-electron chi connectivity index (χ2n) is 4.76. The first-order valence-corrected chi connectivity index (χ1v) is 6.43. The van der Waals surface area contributed by atoms with Gasteiger partial charge in [0.2, 0.25) is 0 Å². The van der Waals surface area contributed by atoms with Crippen molar-refractivity contribution in [3.63, 3.8) is 0 Å². The molecule has 0 saturated heterocycles. The van der Waals surface area contributed by atoms with Crippen molar-refractivity contribution in [3.05, 3.63) is 12.2 Å². The molecule has 1 aliphatic carbocycles. The molecular formula is C12H22N4O. The van der Waals surface area contributed by atoms with Crippen LogP contribution in [0.15, 0.2) is 6.33 Å². The molecule has 96 valence electrons. The quantitative estimate of drug-likeness (QED) is 0.836. The Bertz CT molecular complexity index is 339. The van der Waals surface area contributed by atoms with Crippen molar-refractivity contribution < 1.29 is 4.74 Å². The van der Waals surface area contributed by atoms with Crippen LogP contribution in [0.1, 0.15) is 37.4 Å². The summed E-state index contributed by atoms with van der Waals surface area (Å²) in [6, 6.07) is 0. The Labute approximate surface area is 102 Å². The third-order valence-electron chi connectivity index (χ3n) is 3.73. The zero-order valence-corrected chi connectivity index (χ0v) is 10.5. The fraction of sp³-hybridized carbons (Fsp3) is 0.833. The van der Waals surface area contributed by atoms with Crippen molar-refractivity contribution in [1.82, 2.24) is 14.8 Å². The lowest BCUT2D eigenvalue weighted by Gasteiger charge is -2.30. The molecule has 0 aliphatic heterocycles. The Morgan fingerprint density at radius 1 is 1.47 bits per heavy atom. The zero-order chi connectivity index (χ0) is 12.1. The van der Waals surface area contributed by atoms with Crippen molar-refractivity contribution >= 4 is 0 Å². The van der Waals surface area contributed by atoms with E-state index in [0.717, 1.165) is 18.9 Å². The summed E-state index contributed by atoms with van der Waals surface area (Å²) in [5, 5.41) is 8.33. The Hall–Kier alpha value is -0.940. The van der Waals surface area contributed by atoms with Crippen LogP contribution in [0.4, 0.5) is 0 Å². The summed E-state index contributed by atoms with van der Waals surface area (Å²) in [5.41, 5.74) is 5.87. The smallest absolute Gasteiger partial charge is 0.136 e. The van der Waals surface area contributed by atoms with Crippen LogP contribution in [-0.4, -0.2) is 35.0 Å². The maximum atomic E-state index is 5.87.